The number of fused-ring (bicyclic) bond motifs is 2. The second-order valence-corrected chi connectivity index (χ2v) is 6.53. The van der Waals surface area contributed by atoms with Gasteiger partial charge in [0.05, 0.1) is 24.6 Å². The Labute approximate surface area is 129 Å². The number of ether oxygens (including phenoxy) is 1. The maximum Gasteiger partial charge on any atom is 0.0594 e. The number of nitrogens with zero attached hydrogens (tertiary/aromatic N) is 1. The summed E-state index contributed by atoms with van der Waals surface area (Å²) in [6, 6.07) is 15.2. The standard InChI is InChI=1S/C17H18N2OS/c1-2-4-16-14(3-1)18-15-6-5-13(11-17(15)21-16)12-19-7-9-20-10-8-19/h1-6,11,18H,7-10,12H2. The molecule has 0 aliphatic carbocycles. The predicted octanol–water partition coefficient (Wildman–Crippen LogP) is 3.73. The van der Waals surface area contributed by atoms with Gasteiger partial charge in [0.15, 0.2) is 0 Å². The van der Waals surface area contributed by atoms with Crippen LogP contribution in [-0.2, 0) is 11.3 Å². The Bertz CT molecular complexity index is 653. The highest BCUT2D eigenvalue weighted by molar-refractivity contribution is 7.99. The topological polar surface area (TPSA) is 24.5 Å². The van der Waals surface area contributed by atoms with E-state index in [2.05, 4.69) is 52.7 Å². The SMILES string of the molecule is c1ccc2c(c1)Nc1ccc(CN3CCOCC3)cc1S2. The summed E-state index contributed by atoms with van der Waals surface area (Å²) in [4.78, 5) is 5.08. The van der Waals surface area contributed by atoms with Crippen molar-refractivity contribution >= 4 is 23.1 Å². The van der Waals surface area contributed by atoms with Gasteiger partial charge in [0.25, 0.3) is 0 Å². The molecule has 0 aromatic heterocycles. The first-order valence-electron chi connectivity index (χ1n) is 7.35. The molecule has 4 rings (SSSR count). The fourth-order valence-electron chi connectivity index (χ4n) is 2.79. The number of rotatable bonds is 2. The molecule has 2 aliphatic heterocycles. The van der Waals surface area contributed by atoms with Gasteiger partial charge in [-0.05, 0) is 29.8 Å². The smallest absolute Gasteiger partial charge is 0.0594 e. The van der Waals surface area contributed by atoms with Crippen molar-refractivity contribution < 1.29 is 4.74 Å². The van der Waals surface area contributed by atoms with Gasteiger partial charge >= 0.3 is 0 Å². The zero-order valence-electron chi connectivity index (χ0n) is 11.8. The molecular weight excluding hydrogens is 280 g/mol. The lowest BCUT2D eigenvalue weighted by atomic mass is 10.1. The van der Waals surface area contributed by atoms with Gasteiger partial charge in [-0.15, -0.1) is 0 Å². The van der Waals surface area contributed by atoms with Crippen molar-refractivity contribution in [3.05, 3.63) is 48.0 Å². The Morgan fingerprint density at radius 1 is 1.00 bits per heavy atom. The molecule has 2 aliphatic rings. The van der Waals surface area contributed by atoms with Crippen LogP contribution in [0.15, 0.2) is 52.3 Å². The first-order chi connectivity index (χ1) is 10.4. The van der Waals surface area contributed by atoms with E-state index in [-0.39, 0.29) is 0 Å². The van der Waals surface area contributed by atoms with E-state index in [0.717, 1.165) is 32.8 Å². The molecular formula is C17H18N2OS. The van der Waals surface area contributed by atoms with Crippen LogP contribution in [-0.4, -0.2) is 31.2 Å². The molecule has 0 bridgehead atoms. The lowest BCUT2D eigenvalue weighted by molar-refractivity contribution is 0.0341. The van der Waals surface area contributed by atoms with E-state index in [9.17, 15) is 0 Å². The molecule has 1 N–H and O–H groups in total. The van der Waals surface area contributed by atoms with Crippen LogP contribution >= 0.6 is 11.8 Å². The van der Waals surface area contributed by atoms with Gasteiger partial charge in [0.2, 0.25) is 0 Å². The van der Waals surface area contributed by atoms with E-state index in [1.807, 2.05) is 11.8 Å². The van der Waals surface area contributed by atoms with Crippen LogP contribution in [0.1, 0.15) is 5.56 Å². The number of morpholine rings is 1. The average molecular weight is 298 g/mol. The molecule has 0 saturated carbocycles. The predicted molar refractivity (Wildman–Crippen MR) is 86.4 cm³/mol. The van der Waals surface area contributed by atoms with Gasteiger partial charge in [-0.3, -0.25) is 4.90 Å². The molecule has 3 nitrogen and oxygen atoms in total. The highest BCUT2D eigenvalue weighted by atomic mass is 32.2. The van der Waals surface area contributed by atoms with Crippen LogP contribution in [0.3, 0.4) is 0 Å². The summed E-state index contributed by atoms with van der Waals surface area (Å²) in [6.45, 7) is 4.79. The Morgan fingerprint density at radius 2 is 1.81 bits per heavy atom. The number of benzene rings is 2. The first kappa shape index (κ1) is 13.2. The molecule has 2 aromatic carbocycles. The Balaban J connectivity index is 1.55. The van der Waals surface area contributed by atoms with Gasteiger partial charge in [-0.2, -0.15) is 0 Å². The minimum Gasteiger partial charge on any atom is -0.379 e. The van der Waals surface area contributed by atoms with Crippen molar-refractivity contribution in [3.8, 4) is 0 Å². The first-order valence-corrected chi connectivity index (χ1v) is 8.17. The maximum atomic E-state index is 5.41. The second kappa shape index (κ2) is 5.72. The number of para-hydroxylation sites is 1. The summed E-state index contributed by atoms with van der Waals surface area (Å²) in [5.74, 6) is 0. The van der Waals surface area contributed by atoms with Crippen molar-refractivity contribution in [2.45, 2.75) is 16.3 Å². The fraction of sp³-hybridized carbons (Fsp3) is 0.294. The van der Waals surface area contributed by atoms with E-state index in [1.54, 1.807) is 0 Å². The molecule has 1 saturated heterocycles. The Hall–Kier alpha value is -1.49. The van der Waals surface area contributed by atoms with E-state index in [0.29, 0.717) is 0 Å². The van der Waals surface area contributed by atoms with Crippen LogP contribution in [0.2, 0.25) is 0 Å². The number of nitrogens with one attached hydrogen (secondary N) is 1. The third-order valence-corrected chi connectivity index (χ3v) is 5.07. The van der Waals surface area contributed by atoms with Crippen LogP contribution in [0.4, 0.5) is 11.4 Å². The highest BCUT2D eigenvalue weighted by Gasteiger charge is 2.16. The van der Waals surface area contributed by atoms with Crippen molar-refractivity contribution in [1.82, 2.24) is 4.90 Å². The van der Waals surface area contributed by atoms with Gasteiger partial charge in [0.1, 0.15) is 0 Å². The monoisotopic (exact) mass is 298 g/mol. The Morgan fingerprint density at radius 3 is 2.71 bits per heavy atom. The summed E-state index contributed by atoms with van der Waals surface area (Å²) < 4.78 is 5.41. The number of hydrogen-bond acceptors (Lipinski definition) is 4. The van der Waals surface area contributed by atoms with E-state index >= 15 is 0 Å². The number of hydrogen-bond donors (Lipinski definition) is 1. The van der Waals surface area contributed by atoms with Crippen LogP contribution in [0.5, 0.6) is 0 Å². The van der Waals surface area contributed by atoms with Crippen LogP contribution in [0.25, 0.3) is 0 Å². The van der Waals surface area contributed by atoms with Crippen molar-refractivity contribution in [2.75, 3.05) is 31.6 Å². The zero-order chi connectivity index (χ0) is 14.1. The summed E-state index contributed by atoms with van der Waals surface area (Å²) in [5, 5.41) is 3.52. The molecule has 4 heteroatoms. The normalized spacial score (nSPS) is 17.7. The van der Waals surface area contributed by atoms with Crippen molar-refractivity contribution in [1.29, 1.82) is 0 Å². The van der Waals surface area contributed by atoms with Crippen molar-refractivity contribution in [3.63, 3.8) is 0 Å². The largest absolute Gasteiger partial charge is 0.379 e. The molecule has 0 atom stereocenters. The molecule has 2 aromatic rings. The molecule has 1 fully saturated rings. The third kappa shape index (κ3) is 2.79. The molecule has 0 spiro atoms. The van der Waals surface area contributed by atoms with E-state index < -0.39 is 0 Å². The zero-order valence-corrected chi connectivity index (χ0v) is 12.7. The average Bonchev–Trinajstić information content (AvgIpc) is 2.54. The maximum absolute atomic E-state index is 5.41. The molecule has 0 unspecified atom stereocenters. The van der Waals surface area contributed by atoms with Crippen LogP contribution in [0, 0.1) is 0 Å². The highest BCUT2D eigenvalue weighted by Crippen LogP contribution is 2.44. The summed E-state index contributed by atoms with van der Waals surface area (Å²) in [7, 11) is 0. The quantitative estimate of drug-likeness (QED) is 0.779. The van der Waals surface area contributed by atoms with E-state index in [4.69, 9.17) is 4.74 Å². The molecule has 0 amide bonds. The minimum absolute atomic E-state index is 0.856. The fourth-order valence-corrected chi connectivity index (χ4v) is 3.84. The van der Waals surface area contributed by atoms with Crippen molar-refractivity contribution in [2.24, 2.45) is 0 Å². The third-order valence-electron chi connectivity index (χ3n) is 3.93. The minimum atomic E-state index is 0.856. The second-order valence-electron chi connectivity index (χ2n) is 5.44. The summed E-state index contributed by atoms with van der Waals surface area (Å²) in [6.07, 6.45) is 0. The molecule has 108 valence electrons. The van der Waals surface area contributed by atoms with Crippen LogP contribution < -0.4 is 5.32 Å². The summed E-state index contributed by atoms with van der Waals surface area (Å²) in [5.41, 5.74) is 3.80. The lowest BCUT2D eigenvalue weighted by Gasteiger charge is -2.27. The Kier molecular flexibility index (Phi) is 3.59. The summed E-state index contributed by atoms with van der Waals surface area (Å²) >= 11 is 1.85. The van der Waals surface area contributed by atoms with Gasteiger partial charge in [-0.1, -0.05) is 30.0 Å². The lowest BCUT2D eigenvalue weighted by Crippen LogP contribution is -2.35. The number of anilines is 2. The molecule has 2 heterocycles. The molecule has 21 heavy (non-hydrogen) atoms. The van der Waals surface area contributed by atoms with Gasteiger partial charge in [0, 0.05) is 29.4 Å². The van der Waals surface area contributed by atoms with E-state index in [1.165, 1.54) is 26.7 Å². The van der Waals surface area contributed by atoms with Gasteiger partial charge in [-0.25, -0.2) is 0 Å². The molecule has 0 radical (unpaired) electrons. The van der Waals surface area contributed by atoms with Gasteiger partial charge < -0.3 is 10.1 Å².